The van der Waals surface area contributed by atoms with Crippen molar-refractivity contribution in [2.24, 2.45) is 0 Å². The highest BCUT2D eigenvalue weighted by atomic mass is 16.5. The molecule has 1 aromatic heterocycles. The van der Waals surface area contributed by atoms with Crippen molar-refractivity contribution >= 4 is 10.9 Å². The lowest BCUT2D eigenvalue weighted by Crippen LogP contribution is -2.13. The molecule has 21 heavy (non-hydrogen) atoms. The first-order valence-corrected chi connectivity index (χ1v) is 7.19. The van der Waals surface area contributed by atoms with Gasteiger partial charge in [0.25, 0.3) is 0 Å². The van der Waals surface area contributed by atoms with Crippen LogP contribution in [0, 0.1) is 0 Å². The normalized spacial score (nSPS) is 11.1. The smallest absolute Gasteiger partial charge is 0.0713 e. The SMILES string of the molecule is COCc1cccc(CNCc2cccc3[nH]ccc23)c1. The van der Waals surface area contributed by atoms with Crippen molar-refractivity contribution in [3.05, 3.63) is 71.4 Å². The van der Waals surface area contributed by atoms with Gasteiger partial charge < -0.3 is 15.0 Å². The highest BCUT2D eigenvalue weighted by Gasteiger charge is 2.01. The van der Waals surface area contributed by atoms with Gasteiger partial charge in [-0.3, -0.25) is 0 Å². The van der Waals surface area contributed by atoms with Gasteiger partial charge >= 0.3 is 0 Å². The van der Waals surface area contributed by atoms with E-state index in [4.69, 9.17) is 4.74 Å². The number of methoxy groups -OCH3 is 1. The molecule has 108 valence electrons. The Morgan fingerprint density at radius 1 is 1.00 bits per heavy atom. The van der Waals surface area contributed by atoms with E-state index in [1.807, 2.05) is 6.20 Å². The molecule has 3 rings (SSSR count). The van der Waals surface area contributed by atoms with Crippen LogP contribution in [0.5, 0.6) is 0 Å². The van der Waals surface area contributed by atoms with Crippen LogP contribution in [0.2, 0.25) is 0 Å². The Balaban J connectivity index is 1.63. The number of H-pyrrole nitrogens is 1. The molecule has 0 fully saturated rings. The topological polar surface area (TPSA) is 37.0 Å². The summed E-state index contributed by atoms with van der Waals surface area (Å²) in [6.07, 6.45) is 1.99. The van der Waals surface area contributed by atoms with Crippen LogP contribution in [-0.4, -0.2) is 12.1 Å². The fraction of sp³-hybridized carbons (Fsp3) is 0.222. The van der Waals surface area contributed by atoms with Crippen molar-refractivity contribution in [2.45, 2.75) is 19.7 Å². The van der Waals surface area contributed by atoms with Crippen molar-refractivity contribution in [1.82, 2.24) is 10.3 Å². The Morgan fingerprint density at radius 2 is 1.86 bits per heavy atom. The molecule has 0 aliphatic carbocycles. The minimum absolute atomic E-state index is 0.663. The summed E-state index contributed by atoms with van der Waals surface area (Å²) >= 11 is 0. The van der Waals surface area contributed by atoms with Crippen molar-refractivity contribution in [1.29, 1.82) is 0 Å². The third-order valence-electron chi connectivity index (χ3n) is 3.63. The van der Waals surface area contributed by atoms with Crippen LogP contribution in [0.3, 0.4) is 0 Å². The maximum Gasteiger partial charge on any atom is 0.0713 e. The van der Waals surface area contributed by atoms with E-state index in [1.54, 1.807) is 7.11 Å². The Bertz CT molecular complexity index is 718. The fourth-order valence-corrected chi connectivity index (χ4v) is 2.64. The third kappa shape index (κ3) is 3.32. The molecule has 2 aromatic carbocycles. The number of aromatic nitrogens is 1. The van der Waals surface area contributed by atoms with Crippen molar-refractivity contribution < 1.29 is 4.74 Å². The minimum atomic E-state index is 0.663. The lowest BCUT2D eigenvalue weighted by molar-refractivity contribution is 0.185. The molecular weight excluding hydrogens is 260 g/mol. The Kier molecular flexibility index (Phi) is 4.34. The predicted octanol–water partition coefficient (Wildman–Crippen LogP) is 3.60. The van der Waals surface area contributed by atoms with Crippen LogP contribution < -0.4 is 5.32 Å². The fourth-order valence-electron chi connectivity index (χ4n) is 2.64. The number of benzene rings is 2. The van der Waals surface area contributed by atoms with Gasteiger partial charge in [0.2, 0.25) is 0 Å². The molecule has 0 atom stereocenters. The molecular formula is C18H20N2O. The molecule has 0 aliphatic heterocycles. The average molecular weight is 280 g/mol. The number of ether oxygens (including phenoxy) is 1. The van der Waals surface area contributed by atoms with Gasteiger partial charge in [-0.15, -0.1) is 0 Å². The first-order valence-electron chi connectivity index (χ1n) is 7.19. The zero-order valence-electron chi connectivity index (χ0n) is 12.2. The van der Waals surface area contributed by atoms with Crippen molar-refractivity contribution in [3.63, 3.8) is 0 Å². The van der Waals surface area contributed by atoms with E-state index in [0.717, 1.165) is 13.1 Å². The first-order chi connectivity index (χ1) is 10.4. The number of hydrogen-bond donors (Lipinski definition) is 2. The average Bonchev–Trinajstić information content (AvgIpc) is 2.97. The molecule has 3 nitrogen and oxygen atoms in total. The van der Waals surface area contributed by atoms with E-state index in [-0.39, 0.29) is 0 Å². The van der Waals surface area contributed by atoms with E-state index in [0.29, 0.717) is 6.61 Å². The molecule has 0 saturated carbocycles. The van der Waals surface area contributed by atoms with E-state index >= 15 is 0 Å². The lowest BCUT2D eigenvalue weighted by atomic mass is 10.1. The van der Waals surface area contributed by atoms with Crippen molar-refractivity contribution in [3.8, 4) is 0 Å². The Labute approximate surface area is 125 Å². The lowest BCUT2D eigenvalue weighted by Gasteiger charge is -2.08. The number of nitrogens with one attached hydrogen (secondary N) is 2. The Hall–Kier alpha value is -2.10. The van der Waals surface area contributed by atoms with Gasteiger partial charge in [0.1, 0.15) is 0 Å². The summed E-state index contributed by atoms with van der Waals surface area (Å²) in [6.45, 7) is 2.39. The van der Waals surface area contributed by atoms with Crippen LogP contribution in [0.15, 0.2) is 54.7 Å². The molecule has 0 aliphatic rings. The van der Waals surface area contributed by atoms with Gasteiger partial charge in [-0.25, -0.2) is 0 Å². The van der Waals surface area contributed by atoms with Gasteiger partial charge in [-0.05, 0) is 28.8 Å². The van der Waals surface area contributed by atoms with E-state index < -0.39 is 0 Å². The van der Waals surface area contributed by atoms with Gasteiger partial charge in [0, 0.05) is 37.3 Å². The van der Waals surface area contributed by atoms with E-state index in [9.17, 15) is 0 Å². The highest BCUT2D eigenvalue weighted by Crippen LogP contribution is 2.17. The zero-order chi connectivity index (χ0) is 14.5. The van der Waals surface area contributed by atoms with Gasteiger partial charge in [0.15, 0.2) is 0 Å². The molecule has 0 bridgehead atoms. The maximum absolute atomic E-state index is 5.17. The highest BCUT2D eigenvalue weighted by molar-refractivity contribution is 5.82. The first kappa shape index (κ1) is 13.9. The van der Waals surface area contributed by atoms with Gasteiger partial charge in [-0.1, -0.05) is 36.4 Å². The van der Waals surface area contributed by atoms with Crippen LogP contribution in [0.1, 0.15) is 16.7 Å². The number of rotatable bonds is 6. The summed E-state index contributed by atoms with van der Waals surface area (Å²) in [6, 6.07) is 17.0. The Morgan fingerprint density at radius 3 is 2.76 bits per heavy atom. The predicted molar refractivity (Wildman–Crippen MR) is 86.0 cm³/mol. The molecule has 1 heterocycles. The standard InChI is InChI=1S/C18H20N2O/c1-21-13-15-5-2-4-14(10-15)11-19-12-16-6-3-7-18-17(16)8-9-20-18/h2-10,19-20H,11-13H2,1H3. The van der Waals surface area contributed by atoms with Crippen LogP contribution in [0.25, 0.3) is 10.9 Å². The summed E-state index contributed by atoms with van der Waals surface area (Å²) in [7, 11) is 1.72. The van der Waals surface area contributed by atoms with Gasteiger partial charge in [-0.2, -0.15) is 0 Å². The summed E-state index contributed by atoms with van der Waals surface area (Å²) in [5.41, 5.74) is 5.01. The van der Waals surface area contributed by atoms with Gasteiger partial charge in [0.05, 0.1) is 6.61 Å². The third-order valence-corrected chi connectivity index (χ3v) is 3.63. The molecule has 0 saturated heterocycles. The van der Waals surface area contributed by atoms with Crippen LogP contribution in [-0.2, 0) is 24.4 Å². The number of aromatic amines is 1. The molecule has 0 unspecified atom stereocenters. The largest absolute Gasteiger partial charge is 0.380 e. The van der Waals surface area contributed by atoms with Crippen LogP contribution in [0.4, 0.5) is 0 Å². The monoisotopic (exact) mass is 280 g/mol. The summed E-state index contributed by atoms with van der Waals surface area (Å²) in [5, 5.41) is 4.80. The molecule has 0 amide bonds. The molecule has 0 radical (unpaired) electrons. The summed E-state index contributed by atoms with van der Waals surface area (Å²) in [4.78, 5) is 3.25. The molecule has 3 heteroatoms. The number of fused-ring (bicyclic) bond motifs is 1. The second-order valence-electron chi connectivity index (χ2n) is 5.21. The second-order valence-corrected chi connectivity index (χ2v) is 5.21. The van der Waals surface area contributed by atoms with E-state index in [1.165, 1.54) is 27.6 Å². The second kappa shape index (κ2) is 6.57. The maximum atomic E-state index is 5.17. The summed E-state index contributed by atoms with van der Waals surface area (Å²) < 4.78 is 5.17. The molecule has 3 aromatic rings. The molecule has 0 spiro atoms. The van der Waals surface area contributed by atoms with E-state index in [2.05, 4.69) is 58.8 Å². The zero-order valence-corrected chi connectivity index (χ0v) is 12.2. The van der Waals surface area contributed by atoms with Crippen molar-refractivity contribution in [2.75, 3.05) is 7.11 Å². The quantitative estimate of drug-likeness (QED) is 0.724. The minimum Gasteiger partial charge on any atom is -0.380 e. The van der Waals surface area contributed by atoms with Crippen LogP contribution >= 0.6 is 0 Å². The number of hydrogen-bond acceptors (Lipinski definition) is 2. The summed E-state index contributed by atoms with van der Waals surface area (Å²) in [5.74, 6) is 0. The molecule has 2 N–H and O–H groups in total.